The molecule has 0 spiro atoms. The Morgan fingerprint density at radius 2 is 1.90 bits per heavy atom. The van der Waals surface area contributed by atoms with Gasteiger partial charge in [0.1, 0.15) is 11.8 Å². The molecule has 1 fully saturated rings. The van der Waals surface area contributed by atoms with Crippen molar-refractivity contribution in [2.45, 2.75) is 70.7 Å². The highest BCUT2D eigenvalue weighted by Crippen LogP contribution is 2.35. The highest BCUT2D eigenvalue weighted by Gasteiger charge is 2.49. The van der Waals surface area contributed by atoms with Crippen molar-refractivity contribution >= 4 is 6.09 Å². The molecule has 0 bridgehead atoms. The van der Waals surface area contributed by atoms with Crippen LogP contribution in [0.4, 0.5) is 4.79 Å². The van der Waals surface area contributed by atoms with Gasteiger partial charge in [-0.05, 0) is 53.0 Å². The summed E-state index contributed by atoms with van der Waals surface area (Å²) in [6, 6.07) is 0. The van der Waals surface area contributed by atoms with Gasteiger partial charge in [0.2, 0.25) is 0 Å². The number of carbonyl (C=O) groups is 1. The first-order chi connectivity index (χ1) is 9.83. The van der Waals surface area contributed by atoms with Gasteiger partial charge in [-0.1, -0.05) is 18.2 Å². The van der Waals surface area contributed by atoms with E-state index in [1.54, 1.807) is 4.90 Å². The van der Waals surface area contributed by atoms with Crippen LogP contribution in [0.15, 0.2) is 24.3 Å². The van der Waals surface area contributed by atoms with E-state index in [0.717, 1.165) is 25.7 Å². The summed E-state index contributed by atoms with van der Waals surface area (Å²) < 4.78 is 11.4. The molecule has 1 saturated heterocycles. The van der Waals surface area contributed by atoms with E-state index in [0.29, 0.717) is 6.61 Å². The van der Waals surface area contributed by atoms with E-state index in [9.17, 15) is 4.79 Å². The quantitative estimate of drug-likeness (QED) is 0.685. The molecule has 0 saturated carbocycles. The maximum Gasteiger partial charge on any atom is 0.413 e. The molecule has 1 aliphatic heterocycles. The van der Waals surface area contributed by atoms with E-state index in [-0.39, 0.29) is 17.7 Å². The Morgan fingerprint density at radius 3 is 2.57 bits per heavy atom. The van der Waals surface area contributed by atoms with Crippen LogP contribution in [0.5, 0.6) is 0 Å². The number of nitrogens with zero attached hydrogens (tertiary/aromatic N) is 1. The molecule has 2 rings (SSSR count). The van der Waals surface area contributed by atoms with Crippen molar-refractivity contribution in [3.8, 4) is 0 Å². The Morgan fingerprint density at radius 1 is 1.19 bits per heavy atom. The predicted octanol–water partition coefficient (Wildman–Crippen LogP) is 4.02. The molecule has 0 aromatic rings. The molecular formula is C17H27NO3. The van der Waals surface area contributed by atoms with Crippen LogP contribution in [0.2, 0.25) is 0 Å². The standard InChI is InChI=1S/C17H27NO3/c1-16(2)13-20-17(3,4)18(16)15(19)21-14-11-9-7-5-6-8-10-12-14/h7,9-10,12,14H,5-6,8,11,13H2,1-4H3/b9-7-,12-10-/t14-/m1/s1. The van der Waals surface area contributed by atoms with Gasteiger partial charge in [-0.3, -0.25) is 4.90 Å². The molecule has 0 aromatic carbocycles. The number of carbonyl (C=O) groups excluding carboxylic acids is 1. The molecule has 1 heterocycles. The van der Waals surface area contributed by atoms with Gasteiger partial charge in [0, 0.05) is 6.42 Å². The second-order valence-corrected chi connectivity index (χ2v) is 6.87. The number of rotatable bonds is 1. The van der Waals surface area contributed by atoms with E-state index in [1.165, 1.54) is 0 Å². The zero-order valence-electron chi connectivity index (χ0n) is 13.6. The first kappa shape index (κ1) is 16.1. The third-order valence-electron chi connectivity index (χ3n) is 3.98. The van der Waals surface area contributed by atoms with Crippen LogP contribution in [0.1, 0.15) is 53.4 Å². The number of ether oxygens (including phenoxy) is 2. The maximum absolute atomic E-state index is 12.6. The fraction of sp³-hybridized carbons (Fsp3) is 0.706. The van der Waals surface area contributed by atoms with Crippen LogP contribution in [-0.4, -0.2) is 35.0 Å². The van der Waals surface area contributed by atoms with Crippen molar-refractivity contribution in [2.24, 2.45) is 0 Å². The highest BCUT2D eigenvalue weighted by molar-refractivity contribution is 5.70. The van der Waals surface area contributed by atoms with E-state index in [1.807, 2.05) is 33.8 Å². The third-order valence-corrected chi connectivity index (χ3v) is 3.98. The van der Waals surface area contributed by atoms with Crippen molar-refractivity contribution in [1.29, 1.82) is 0 Å². The van der Waals surface area contributed by atoms with Crippen LogP contribution >= 0.6 is 0 Å². The van der Waals surface area contributed by atoms with E-state index < -0.39 is 5.72 Å². The lowest BCUT2D eigenvalue weighted by atomic mass is 10.0. The van der Waals surface area contributed by atoms with E-state index in [4.69, 9.17) is 9.47 Å². The van der Waals surface area contributed by atoms with Gasteiger partial charge in [0.15, 0.2) is 0 Å². The smallest absolute Gasteiger partial charge is 0.413 e. The molecule has 4 nitrogen and oxygen atoms in total. The summed E-state index contributed by atoms with van der Waals surface area (Å²) in [6.07, 6.45) is 11.9. The largest absolute Gasteiger partial charge is 0.441 e. The second-order valence-electron chi connectivity index (χ2n) is 6.87. The van der Waals surface area contributed by atoms with Crippen molar-refractivity contribution in [3.05, 3.63) is 24.3 Å². The van der Waals surface area contributed by atoms with Crippen LogP contribution in [0.25, 0.3) is 0 Å². The minimum Gasteiger partial charge on any atom is -0.441 e. The first-order valence-corrected chi connectivity index (χ1v) is 7.79. The summed E-state index contributed by atoms with van der Waals surface area (Å²) in [6.45, 7) is 8.34. The fourth-order valence-corrected chi connectivity index (χ4v) is 2.98. The normalized spacial score (nSPS) is 30.9. The topological polar surface area (TPSA) is 38.8 Å². The Hall–Kier alpha value is -1.29. The van der Waals surface area contributed by atoms with Crippen LogP contribution in [-0.2, 0) is 9.47 Å². The SMILES string of the molecule is CC1(C)COC(C)(C)N1C(=O)O[C@H]1/C=C\CCC/C=C\C1. The molecule has 118 valence electrons. The predicted molar refractivity (Wildman–Crippen MR) is 83.0 cm³/mol. The lowest BCUT2D eigenvalue weighted by Gasteiger charge is -2.37. The van der Waals surface area contributed by atoms with Gasteiger partial charge < -0.3 is 9.47 Å². The molecular weight excluding hydrogens is 266 g/mol. The third kappa shape index (κ3) is 3.88. The summed E-state index contributed by atoms with van der Waals surface area (Å²) in [5.41, 5.74) is -0.975. The van der Waals surface area contributed by atoms with Gasteiger partial charge in [-0.15, -0.1) is 0 Å². The van der Waals surface area contributed by atoms with Crippen molar-refractivity contribution in [3.63, 3.8) is 0 Å². The molecule has 0 aromatic heterocycles. The first-order valence-electron chi connectivity index (χ1n) is 7.79. The average Bonchev–Trinajstić information content (AvgIpc) is 2.67. The number of allylic oxidation sites excluding steroid dienone is 2. The fourth-order valence-electron chi connectivity index (χ4n) is 2.98. The Labute approximate surface area is 127 Å². The van der Waals surface area contributed by atoms with E-state index in [2.05, 4.69) is 18.2 Å². The van der Waals surface area contributed by atoms with Crippen molar-refractivity contribution < 1.29 is 14.3 Å². The summed E-state index contributed by atoms with van der Waals surface area (Å²) in [4.78, 5) is 14.3. The van der Waals surface area contributed by atoms with Crippen LogP contribution in [0.3, 0.4) is 0 Å². The summed E-state index contributed by atoms with van der Waals surface area (Å²) in [5.74, 6) is 0. The Kier molecular flexibility index (Phi) is 4.77. The molecule has 1 amide bonds. The molecule has 1 atom stereocenters. The number of hydrogen-bond donors (Lipinski definition) is 0. The zero-order valence-corrected chi connectivity index (χ0v) is 13.6. The zero-order chi connectivity index (χ0) is 15.5. The van der Waals surface area contributed by atoms with Gasteiger partial charge in [0.05, 0.1) is 12.1 Å². The molecule has 0 radical (unpaired) electrons. The summed E-state index contributed by atoms with van der Waals surface area (Å²) >= 11 is 0. The van der Waals surface area contributed by atoms with Crippen LogP contribution < -0.4 is 0 Å². The number of amides is 1. The molecule has 21 heavy (non-hydrogen) atoms. The summed E-state index contributed by atoms with van der Waals surface area (Å²) in [7, 11) is 0. The van der Waals surface area contributed by atoms with Gasteiger partial charge in [-0.2, -0.15) is 0 Å². The van der Waals surface area contributed by atoms with Gasteiger partial charge in [0.25, 0.3) is 0 Å². The Balaban J connectivity index is 2.07. The molecule has 2 aliphatic rings. The molecule has 4 heteroatoms. The lowest BCUT2D eigenvalue weighted by Crippen LogP contribution is -2.53. The molecule has 0 N–H and O–H groups in total. The van der Waals surface area contributed by atoms with Crippen molar-refractivity contribution in [2.75, 3.05) is 6.61 Å². The monoisotopic (exact) mass is 293 g/mol. The van der Waals surface area contributed by atoms with Crippen molar-refractivity contribution in [1.82, 2.24) is 4.90 Å². The lowest BCUT2D eigenvalue weighted by molar-refractivity contribution is -0.0552. The second kappa shape index (κ2) is 6.22. The maximum atomic E-state index is 12.6. The van der Waals surface area contributed by atoms with E-state index >= 15 is 0 Å². The molecule has 1 aliphatic carbocycles. The average molecular weight is 293 g/mol. The Bertz CT molecular complexity index is 421. The van der Waals surface area contributed by atoms with Gasteiger partial charge >= 0.3 is 6.09 Å². The summed E-state index contributed by atoms with van der Waals surface area (Å²) in [5, 5.41) is 0. The van der Waals surface area contributed by atoms with Gasteiger partial charge in [-0.25, -0.2) is 4.79 Å². The number of hydrogen-bond acceptors (Lipinski definition) is 3. The van der Waals surface area contributed by atoms with Crippen LogP contribution in [0, 0.1) is 0 Å². The molecule has 0 unspecified atom stereocenters. The highest BCUT2D eigenvalue weighted by atomic mass is 16.6. The minimum atomic E-state index is -0.626. The minimum absolute atomic E-state index is 0.195.